The Morgan fingerprint density at radius 3 is 2.69 bits per heavy atom. The number of rotatable bonds is 7. The topological polar surface area (TPSA) is 52.8 Å². The van der Waals surface area contributed by atoms with Gasteiger partial charge in [-0.3, -0.25) is 9.89 Å². The monoisotopic (exact) mass is 468 g/mol. The predicted octanol–water partition coefficient (Wildman–Crippen LogP) is 3.05. The number of furan rings is 1. The molecule has 5 nitrogen and oxygen atoms in total. The highest BCUT2D eigenvalue weighted by atomic mass is 127. The Morgan fingerprint density at radius 2 is 1.92 bits per heavy atom. The van der Waals surface area contributed by atoms with Crippen molar-refractivity contribution in [3.63, 3.8) is 0 Å². The van der Waals surface area contributed by atoms with E-state index in [0.717, 1.165) is 57.3 Å². The molecular formula is C20H29IN4O. The smallest absolute Gasteiger partial charge is 0.190 e. The van der Waals surface area contributed by atoms with E-state index in [0.29, 0.717) is 0 Å². The molecule has 0 spiro atoms. The summed E-state index contributed by atoms with van der Waals surface area (Å²) in [5, 5.41) is 6.71. The molecule has 3 rings (SSSR count). The van der Waals surface area contributed by atoms with Crippen LogP contribution >= 0.6 is 24.0 Å². The molecule has 0 amide bonds. The highest BCUT2D eigenvalue weighted by Gasteiger charge is 2.14. The fourth-order valence-corrected chi connectivity index (χ4v) is 3.23. The van der Waals surface area contributed by atoms with Crippen LogP contribution in [0.1, 0.15) is 23.3 Å². The van der Waals surface area contributed by atoms with Gasteiger partial charge in [-0.15, -0.1) is 24.0 Å². The molecule has 0 bridgehead atoms. The third-order valence-corrected chi connectivity index (χ3v) is 4.62. The lowest BCUT2D eigenvalue weighted by molar-refractivity contribution is 0.251. The van der Waals surface area contributed by atoms with E-state index >= 15 is 0 Å². The van der Waals surface area contributed by atoms with Crippen LogP contribution in [-0.2, 0) is 19.4 Å². The van der Waals surface area contributed by atoms with Gasteiger partial charge < -0.3 is 15.1 Å². The van der Waals surface area contributed by atoms with Crippen molar-refractivity contribution in [2.24, 2.45) is 4.99 Å². The summed E-state index contributed by atoms with van der Waals surface area (Å²) in [7, 11) is 1.81. The largest absolute Gasteiger partial charge is 0.469 e. The minimum Gasteiger partial charge on any atom is -0.469 e. The van der Waals surface area contributed by atoms with E-state index in [4.69, 9.17) is 4.42 Å². The lowest BCUT2D eigenvalue weighted by Gasteiger charge is -2.28. The molecule has 0 aliphatic carbocycles. The molecule has 1 aliphatic heterocycles. The summed E-state index contributed by atoms with van der Waals surface area (Å²) in [5.41, 5.74) is 3.00. The molecule has 2 N–H and O–H groups in total. The van der Waals surface area contributed by atoms with Gasteiger partial charge in [0.2, 0.25) is 0 Å². The number of nitrogens with one attached hydrogen (secondary N) is 2. The molecule has 6 heteroatoms. The van der Waals surface area contributed by atoms with Crippen molar-refractivity contribution >= 4 is 29.9 Å². The lowest BCUT2D eigenvalue weighted by atomic mass is 10.00. The molecule has 1 aromatic heterocycles. The molecule has 0 unspecified atom stereocenters. The third kappa shape index (κ3) is 6.32. The van der Waals surface area contributed by atoms with Crippen molar-refractivity contribution in [1.82, 2.24) is 15.5 Å². The van der Waals surface area contributed by atoms with Crippen LogP contribution in [0.4, 0.5) is 0 Å². The highest BCUT2D eigenvalue weighted by Crippen LogP contribution is 2.18. The number of fused-ring (bicyclic) bond motifs is 1. The first-order valence-electron chi connectivity index (χ1n) is 9.11. The molecule has 0 fully saturated rings. The van der Waals surface area contributed by atoms with Crippen molar-refractivity contribution < 1.29 is 4.42 Å². The summed E-state index contributed by atoms with van der Waals surface area (Å²) >= 11 is 0. The molecule has 0 atom stereocenters. The summed E-state index contributed by atoms with van der Waals surface area (Å²) in [6.45, 7) is 5.10. The lowest BCUT2D eigenvalue weighted by Crippen LogP contribution is -2.40. The van der Waals surface area contributed by atoms with E-state index < -0.39 is 0 Å². The Hall–Kier alpha value is -1.54. The number of benzene rings is 1. The zero-order valence-electron chi connectivity index (χ0n) is 15.4. The molecule has 0 saturated heterocycles. The summed E-state index contributed by atoms with van der Waals surface area (Å²) in [4.78, 5) is 6.81. The molecule has 26 heavy (non-hydrogen) atoms. The zero-order chi connectivity index (χ0) is 17.3. The summed E-state index contributed by atoms with van der Waals surface area (Å²) in [6, 6.07) is 12.7. The van der Waals surface area contributed by atoms with E-state index in [1.165, 1.54) is 17.5 Å². The van der Waals surface area contributed by atoms with E-state index in [1.807, 2.05) is 19.2 Å². The molecule has 1 aromatic carbocycles. The van der Waals surface area contributed by atoms with Crippen LogP contribution in [0.15, 0.2) is 52.1 Å². The van der Waals surface area contributed by atoms with Gasteiger partial charge in [-0.05, 0) is 36.1 Å². The van der Waals surface area contributed by atoms with Crippen LogP contribution < -0.4 is 10.6 Å². The quantitative estimate of drug-likeness (QED) is 0.284. The van der Waals surface area contributed by atoms with Gasteiger partial charge in [0, 0.05) is 46.2 Å². The zero-order valence-corrected chi connectivity index (χ0v) is 17.7. The van der Waals surface area contributed by atoms with Crippen molar-refractivity contribution in [3.8, 4) is 0 Å². The van der Waals surface area contributed by atoms with E-state index in [1.54, 1.807) is 6.26 Å². The summed E-state index contributed by atoms with van der Waals surface area (Å²) in [5.74, 6) is 1.85. The molecule has 142 valence electrons. The van der Waals surface area contributed by atoms with Gasteiger partial charge in [0.1, 0.15) is 5.76 Å². The van der Waals surface area contributed by atoms with Crippen LogP contribution in [-0.4, -0.2) is 44.1 Å². The molecule has 2 heterocycles. The molecule has 0 saturated carbocycles. The first-order chi connectivity index (χ1) is 12.3. The normalized spacial score (nSPS) is 14.4. The van der Waals surface area contributed by atoms with Crippen LogP contribution in [0, 0.1) is 0 Å². The number of guanidine groups is 1. The maximum Gasteiger partial charge on any atom is 0.190 e. The van der Waals surface area contributed by atoms with Crippen LogP contribution in [0.25, 0.3) is 0 Å². The summed E-state index contributed by atoms with van der Waals surface area (Å²) < 4.78 is 5.33. The molecule has 0 radical (unpaired) electrons. The Morgan fingerprint density at radius 1 is 1.12 bits per heavy atom. The minimum absolute atomic E-state index is 0. The first kappa shape index (κ1) is 20.8. The van der Waals surface area contributed by atoms with Crippen molar-refractivity contribution in [2.75, 3.05) is 33.2 Å². The van der Waals surface area contributed by atoms with Gasteiger partial charge in [-0.2, -0.15) is 0 Å². The average molecular weight is 468 g/mol. The number of aliphatic imine (C=N–C) groups is 1. The number of hydrogen-bond acceptors (Lipinski definition) is 3. The first-order valence-corrected chi connectivity index (χ1v) is 9.11. The van der Waals surface area contributed by atoms with Gasteiger partial charge in [0.15, 0.2) is 5.96 Å². The Labute approximate surface area is 173 Å². The SMILES string of the molecule is CN=C(NCCCN1CCc2ccccc2C1)NCCc1ccco1.I. The Balaban J connectivity index is 0.00000243. The maximum absolute atomic E-state index is 5.33. The molecule has 2 aromatic rings. The number of nitrogens with zero attached hydrogens (tertiary/aromatic N) is 2. The number of halogens is 1. The van der Waals surface area contributed by atoms with Crippen molar-refractivity contribution in [2.45, 2.75) is 25.8 Å². The van der Waals surface area contributed by atoms with Crippen molar-refractivity contribution in [1.29, 1.82) is 0 Å². The second-order valence-corrected chi connectivity index (χ2v) is 6.40. The van der Waals surface area contributed by atoms with Crippen LogP contribution in [0.5, 0.6) is 0 Å². The average Bonchev–Trinajstić information content (AvgIpc) is 3.17. The Kier molecular flexibility index (Phi) is 8.97. The van der Waals surface area contributed by atoms with Crippen LogP contribution in [0.3, 0.4) is 0 Å². The van der Waals surface area contributed by atoms with E-state index in [2.05, 4.69) is 44.8 Å². The second kappa shape index (κ2) is 11.2. The third-order valence-electron chi connectivity index (χ3n) is 4.62. The van der Waals surface area contributed by atoms with Gasteiger partial charge >= 0.3 is 0 Å². The van der Waals surface area contributed by atoms with E-state index in [-0.39, 0.29) is 24.0 Å². The second-order valence-electron chi connectivity index (χ2n) is 6.40. The van der Waals surface area contributed by atoms with Gasteiger partial charge in [0.05, 0.1) is 6.26 Å². The van der Waals surface area contributed by atoms with Gasteiger partial charge in [-0.25, -0.2) is 0 Å². The highest BCUT2D eigenvalue weighted by molar-refractivity contribution is 14.0. The summed E-state index contributed by atoms with van der Waals surface area (Å²) in [6.07, 6.45) is 4.85. The van der Waals surface area contributed by atoms with Crippen LogP contribution in [0.2, 0.25) is 0 Å². The predicted molar refractivity (Wildman–Crippen MR) is 117 cm³/mol. The van der Waals surface area contributed by atoms with E-state index in [9.17, 15) is 0 Å². The fraction of sp³-hybridized carbons (Fsp3) is 0.450. The Bertz CT molecular complexity index is 672. The van der Waals surface area contributed by atoms with Gasteiger partial charge in [-0.1, -0.05) is 24.3 Å². The minimum atomic E-state index is 0. The molecule has 1 aliphatic rings. The fourth-order valence-electron chi connectivity index (χ4n) is 3.23. The van der Waals surface area contributed by atoms with Crippen molar-refractivity contribution in [3.05, 3.63) is 59.5 Å². The number of hydrogen-bond donors (Lipinski definition) is 2. The standard InChI is InChI=1S/C20H28N4O.HI/c1-21-20(23-12-9-19-8-4-15-25-19)22-11-5-13-24-14-10-17-6-2-3-7-18(17)16-24;/h2-4,6-8,15H,5,9-14,16H2,1H3,(H2,21,22,23);1H. The van der Waals surface area contributed by atoms with Gasteiger partial charge in [0.25, 0.3) is 0 Å². The maximum atomic E-state index is 5.33. The molecular weight excluding hydrogens is 439 g/mol.